The highest BCUT2D eigenvalue weighted by Gasteiger charge is 2.33. The van der Waals surface area contributed by atoms with Crippen LogP contribution in [0.5, 0.6) is 0 Å². The smallest absolute Gasteiger partial charge is 0.348 e. The average Bonchev–Trinajstić information content (AvgIpc) is 3.51. The molecule has 5 rings (SSSR count). The molecule has 1 aliphatic carbocycles. The number of hydrogen-bond donors (Lipinski definition) is 2. The average molecular weight is 501 g/mol. The predicted octanol–water partition coefficient (Wildman–Crippen LogP) is 7.83. The first-order chi connectivity index (χ1) is 17.3. The minimum Gasteiger partial charge on any atom is -0.477 e. The largest absolute Gasteiger partial charge is 0.477 e. The minimum atomic E-state index is -0.992. The second-order valence-electron chi connectivity index (χ2n) is 10.2. The van der Waals surface area contributed by atoms with Crippen molar-refractivity contribution in [2.24, 2.45) is 11.8 Å². The first-order valence-electron chi connectivity index (χ1n) is 12.7. The number of amides is 1. The van der Waals surface area contributed by atoms with Crippen LogP contribution < -0.4 is 4.90 Å². The van der Waals surface area contributed by atoms with Gasteiger partial charge in [-0.1, -0.05) is 37.3 Å². The topological polar surface area (TPSA) is 73.4 Å². The fourth-order valence-electron chi connectivity index (χ4n) is 5.27. The maximum atomic E-state index is 13.6. The number of rotatable bonds is 6. The van der Waals surface area contributed by atoms with Gasteiger partial charge in [-0.3, -0.25) is 4.79 Å². The lowest BCUT2D eigenvalue weighted by molar-refractivity contribution is -0.123. The molecule has 2 aromatic carbocycles. The van der Waals surface area contributed by atoms with Crippen LogP contribution >= 0.6 is 11.3 Å². The second-order valence-corrected chi connectivity index (χ2v) is 11.3. The zero-order valence-electron chi connectivity index (χ0n) is 21.0. The summed E-state index contributed by atoms with van der Waals surface area (Å²) in [7, 11) is 0. The number of nitrogens with one attached hydrogen (secondary N) is 1. The number of hydrogen-bond acceptors (Lipinski definition) is 3. The van der Waals surface area contributed by atoms with E-state index in [1.807, 2.05) is 38.2 Å². The number of H-pyrrole nitrogens is 1. The molecular weight excluding hydrogens is 468 g/mol. The van der Waals surface area contributed by atoms with Gasteiger partial charge < -0.3 is 15.0 Å². The molecular formula is C30H32N2O3S. The molecule has 5 nitrogen and oxygen atoms in total. The number of fused-ring (bicyclic) bond motifs is 1. The monoisotopic (exact) mass is 500 g/mol. The van der Waals surface area contributed by atoms with Crippen LogP contribution in [0.1, 0.15) is 56.1 Å². The van der Waals surface area contributed by atoms with Crippen molar-refractivity contribution in [3.63, 3.8) is 0 Å². The molecule has 0 bridgehead atoms. The van der Waals surface area contributed by atoms with Gasteiger partial charge in [-0.15, -0.1) is 11.3 Å². The van der Waals surface area contributed by atoms with Crippen LogP contribution in [0.4, 0.5) is 5.69 Å². The van der Waals surface area contributed by atoms with Gasteiger partial charge in [-0.25, -0.2) is 4.79 Å². The van der Waals surface area contributed by atoms with Crippen LogP contribution in [0.3, 0.4) is 0 Å². The van der Waals surface area contributed by atoms with Crippen molar-refractivity contribution in [1.29, 1.82) is 0 Å². The molecule has 0 unspecified atom stereocenters. The Kier molecular flexibility index (Phi) is 6.71. The van der Waals surface area contributed by atoms with Gasteiger partial charge in [-0.2, -0.15) is 0 Å². The molecule has 1 fully saturated rings. The molecule has 0 saturated heterocycles. The molecule has 4 aromatic rings. The van der Waals surface area contributed by atoms with Gasteiger partial charge in [-0.05, 0) is 91.8 Å². The number of benzene rings is 2. The van der Waals surface area contributed by atoms with E-state index >= 15 is 0 Å². The van der Waals surface area contributed by atoms with Crippen molar-refractivity contribution < 1.29 is 14.7 Å². The number of aromatic nitrogens is 1. The summed E-state index contributed by atoms with van der Waals surface area (Å²) >= 11 is 1.24. The molecule has 2 heterocycles. The fourth-order valence-corrected chi connectivity index (χ4v) is 6.26. The second kappa shape index (κ2) is 9.94. The Hall–Kier alpha value is -3.38. The number of carbonyl (C=O) groups is 2. The molecule has 0 spiro atoms. The molecule has 1 aliphatic rings. The SMILES string of the molecule is CC1CCC(C(=O)N(c2cc(-c3ccc(-c4ccc5[nH]ccc5c4)cc3)sc2C(=O)O)C(C)C)CC1. The number of anilines is 1. The standard InChI is InChI=1S/C30H32N2O3S/c1-18(2)32(29(33)22-6-4-19(3)5-7-22)26-17-27(36-28(26)30(34)35)21-10-8-20(9-11-21)23-12-13-25-24(16-23)14-15-31-25/h8-19,22,31H,4-7H2,1-3H3,(H,34,35). The summed E-state index contributed by atoms with van der Waals surface area (Å²) in [4.78, 5) is 31.8. The van der Waals surface area contributed by atoms with Gasteiger partial charge in [0.1, 0.15) is 4.88 Å². The summed E-state index contributed by atoms with van der Waals surface area (Å²) < 4.78 is 0. The van der Waals surface area contributed by atoms with E-state index in [1.165, 1.54) is 11.3 Å². The number of carbonyl (C=O) groups excluding carboxylic acids is 1. The Bertz CT molecular complexity index is 1390. The quantitative estimate of drug-likeness (QED) is 0.283. The number of nitrogens with zero attached hydrogens (tertiary/aromatic N) is 1. The lowest BCUT2D eigenvalue weighted by atomic mass is 9.82. The summed E-state index contributed by atoms with van der Waals surface area (Å²) in [6, 6.07) is 18.3. The maximum absolute atomic E-state index is 13.6. The molecule has 36 heavy (non-hydrogen) atoms. The molecule has 0 atom stereocenters. The van der Waals surface area contributed by atoms with E-state index in [4.69, 9.17) is 0 Å². The normalized spacial score (nSPS) is 18.0. The van der Waals surface area contributed by atoms with Crippen molar-refractivity contribution in [3.05, 3.63) is 65.7 Å². The fraction of sp³-hybridized carbons (Fsp3) is 0.333. The Labute approximate surface area is 215 Å². The number of carboxylic acid groups (broad SMARTS) is 1. The van der Waals surface area contributed by atoms with Gasteiger partial charge in [0.15, 0.2) is 0 Å². The zero-order chi connectivity index (χ0) is 25.4. The van der Waals surface area contributed by atoms with E-state index in [-0.39, 0.29) is 22.7 Å². The molecule has 0 aliphatic heterocycles. The number of carboxylic acids is 1. The molecule has 1 saturated carbocycles. The van der Waals surface area contributed by atoms with Crippen LogP contribution in [0.2, 0.25) is 0 Å². The molecule has 1 amide bonds. The van der Waals surface area contributed by atoms with Crippen molar-refractivity contribution >= 4 is 39.8 Å². The van der Waals surface area contributed by atoms with Crippen molar-refractivity contribution in [2.75, 3.05) is 4.90 Å². The summed E-state index contributed by atoms with van der Waals surface area (Å²) in [5, 5.41) is 11.2. The zero-order valence-corrected chi connectivity index (χ0v) is 21.8. The third kappa shape index (κ3) is 4.70. The number of thiophene rings is 1. The minimum absolute atomic E-state index is 0.0368. The van der Waals surface area contributed by atoms with Crippen LogP contribution in [-0.4, -0.2) is 28.0 Å². The van der Waals surface area contributed by atoms with Gasteiger partial charge in [0.2, 0.25) is 5.91 Å². The summed E-state index contributed by atoms with van der Waals surface area (Å²) in [6.07, 6.45) is 5.78. The van der Waals surface area contributed by atoms with E-state index in [0.717, 1.165) is 58.2 Å². The van der Waals surface area contributed by atoms with Crippen LogP contribution in [-0.2, 0) is 4.79 Å². The predicted molar refractivity (Wildman–Crippen MR) is 148 cm³/mol. The maximum Gasteiger partial charge on any atom is 0.348 e. The van der Waals surface area contributed by atoms with Crippen LogP contribution in [0.25, 0.3) is 32.5 Å². The highest BCUT2D eigenvalue weighted by molar-refractivity contribution is 7.18. The summed E-state index contributed by atoms with van der Waals surface area (Å²) in [5.41, 5.74) is 4.80. The van der Waals surface area contributed by atoms with Crippen LogP contribution in [0.15, 0.2) is 60.8 Å². The molecule has 0 radical (unpaired) electrons. The van der Waals surface area contributed by atoms with Gasteiger partial charge in [0.25, 0.3) is 0 Å². The lowest BCUT2D eigenvalue weighted by Gasteiger charge is -2.33. The number of aromatic carboxylic acids is 1. The molecule has 186 valence electrons. The Morgan fingerprint density at radius 2 is 1.61 bits per heavy atom. The van der Waals surface area contributed by atoms with Crippen molar-refractivity contribution in [3.8, 4) is 21.6 Å². The van der Waals surface area contributed by atoms with Crippen LogP contribution in [0, 0.1) is 11.8 Å². The molecule has 2 N–H and O–H groups in total. The summed E-state index contributed by atoms with van der Waals surface area (Å²) in [6.45, 7) is 6.16. The van der Waals surface area contributed by atoms with Gasteiger partial charge >= 0.3 is 5.97 Å². The van der Waals surface area contributed by atoms with Gasteiger partial charge in [0, 0.05) is 28.6 Å². The third-order valence-corrected chi connectivity index (χ3v) is 8.50. The highest BCUT2D eigenvalue weighted by Crippen LogP contribution is 2.40. The van der Waals surface area contributed by atoms with Crippen molar-refractivity contribution in [1.82, 2.24) is 4.98 Å². The first kappa shape index (κ1) is 24.3. The van der Waals surface area contributed by atoms with E-state index in [2.05, 4.69) is 48.3 Å². The lowest BCUT2D eigenvalue weighted by Crippen LogP contribution is -2.42. The Morgan fingerprint density at radius 3 is 2.28 bits per heavy atom. The molecule has 2 aromatic heterocycles. The summed E-state index contributed by atoms with van der Waals surface area (Å²) in [5.74, 6) is -0.324. The number of aromatic amines is 1. The van der Waals surface area contributed by atoms with E-state index in [1.54, 1.807) is 4.90 Å². The van der Waals surface area contributed by atoms with E-state index in [9.17, 15) is 14.7 Å². The first-order valence-corrected chi connectivity index (χ1v) is 13.5. The molecule has 6 heteroatoms. The third-order valence-electron chi connectivity index (χ3n) is 7.34. The highest BCUT2D eigenvalue weighted by atomic mass is 32.1. The Morgan fingerprint density at radius 1 is 0.944 bits per heavy atom. The van der Waals surface area contributed by atoms with Gasteiger partial charge in [0.05, 0.1) is 5.69 Å². The van der Waals surface area contributed by atoms with Crippen molar-refractivity contribution in [2.45, 2.75) is 52.5 Å². The van der Waals surface area contributed by atoms with E-state index < -0.39 is 5.97 Å². The van der Waals surface area contributed by atoms with E-state index in [0.29, 0.717) is 11.6 Å². The Balaban J connectivity index is 1.46.